The highest BCUT2D eigenvalue weighted by molar-refractivity contribution is 7.17. The summed E-state index contributed by atoms with van der Waals surface area (Å²) in [5.41, 5.74) is 3.57. The molecule has 4 aromatic heterocycles. The fraction of sp³-hybridized carbons (Fsp3) is 0.0526. The third-order valence-corrected chi connectivity index (χ3v) is 5.15. The van der Waals surface area contributed by atoms with Gasteiger partial charge >= 0.3 is 0 Å². The second-order valence-electron chi connectivity index (χ2n) is 5.86. The molecule has 26 heavy (non-hydrogen) atoms. The van der Waals surface area contributed by atoms with Crippen LogP contribution in [0.15, 0.2) is 60.5 Å². The lowest BCUT2D eigenvalue weighted by atomic mass is 10.1. The molecule has 0 unspecified atom stereocenters. The number of thiophene rings is 1. The van der Waals surface area contributed by atoms with Crippen LogP contribution in [0.2, 0.25) is 0 Å². The Labute approximate surface area is 153 Å². The molecule has 0 fully saturated rings. The molecule has 0 saturated carbocycles. The fourth-order valence-corrected chi connectivity index (χ4v) is 3.86. The number of benzene rings is 1. The molecule has 0 radical (unpaired) electrons. The Hall–Kier alpha value is -3.32. The summed E-state index contributed by atoms with van der Waals surface area (Å²) >= 11 is 1.70. The van der Waals surface area contributed by atoms with Gasteiger partial charge in [-0.1, -0.05) is 24.3 Å². The maximum atomic E-state index is 4.77. The zero-order valence-electron chi connectivity index (χ0n) is 13.7. The van der Waals surface area contributed by atoms with Crippen LogP contribution in [0.3, 0.4) is 0 Å². The Bertz CT molecular complexity index is 1190. The standard InChI is InChI=1S/C19H14N6S/c1-2-6-15-13(5-1)14(10-26-15)17-24-18(16-19(25-17)23-11-22-16)21-9-12-4-3-7-20-8-12/h1-8,10-11H,9H2,(H2,21,22,23,24,25). The lowest BCUT2D eigenvalue weighted by Gasteiger charge is -2.08. The van der Waals surface area contributed by atoms with Gasteiger partial charge in [-0.3, -0.25) is 4.98 Å². The summed E-state index contributed by atoms with van der Waals surface area (Å²) in [6, 6.07) is 12.2. The van der Waals surface area contributed by atoms with Crippen molar-refractivity contribution in [3.8, 4) is 11.4 Å². The smallest absolute Gasteiger partial charge is 0.183 e. The van der Waals surface area contributed by atoms with Crippen molar-refractivity contribution in [2.45, 2.75) is 6.54 Å². The number of imidazole rings is 1. The zero-order valence-corrected chi connectivity index (χ0v) is 14.5. The van der Waals surface area contributed by atoms with E-state index < -0.39 is 0 Å². The normalized spacial score (nSPS) is 11.2. The van der Waals surface area contributed by atoms with Crippen LogP contribution < -0.4 is 5.32 Å². The van der Waals surface area contributed by atoms with Crippen molar-refractivity contribution in [1.29, 1.82) is 0 Å². The second-order valence-corrected chi connectivity index (χ2v) is 6.77. The molecular formula is C19H14N6S. The molecule has 0 spiro atoms. The van der Waals surface area contributed by atoms with Crippen LogP contribution in [-0.2, 0) is 6.54 Å². The molecular weight excluding hydrogens is 344 g/mol. The first-order chi connectivity index (χ1) is 12.9. The summed E-state index contributed by atoms with van der Waals surface area (Å²) in [7, 11) is 0. The lowest BCUT2D eigenvalue weighted by molar-refractivity contribution is 1.08. The van der Waals surface area contributed by atoms with Gasteiger partial charge in [0.2, 0.25) is 0 Å². The van der Waals surface area contributed by atoms with Gasteiger partial charge in [-0.2, -0.15) is 0 Å². The Kier molecular flexibility index (Phi) is 3.57. The van der Waals surface area contributed by atoms with Crippen molar-refractivity contribution < 1.29 is 0 Å². The van der Waals surface area contributed by atoms with Crippen molar-refractivity contribution >= 4 is 38.4 Å². The summed E-state index contributed by atoms with van der Waals surface area (Å²) in [6.07, 6.45) is 5.25. The first-order valence-electron chi connectivity index (χ1n) is 8.19. The summed E-state index contributed by atoms with van der Waals surface area (Å²) in [5, 5.41) is 6.64. The van der Waals surface area contributed by atoms with Gasteiger partial charge in [-0.25, -0.2) is 15.0 Å². The van der Waals surface area contributed by atoms with Gasteiger partial charge < -0.3 is 10.3 Å². The van der Waals surface area contributed by atoms with Crippen molar-refractivity contribution in [1.82, 2.24) is 24.9 Å². The number of aromatic nitrogens is 5. The highest BCUT2D eigenvalue weighted by Gasteiger charge is 2.14. The van der Waals surface area contributed by atoms with Crippen molar-refractivity contribution in [3.05, 3.63) is 66.1 Å². The van der Waals surface area contributed by atoms with Gasteiger partial charge in [0.1, 0.15) is 5.52 Å². The molecule has 7 heteroatoms. The summed E-state index contributed by atoms with van der Waals surface area (Å²) < 4.78 is 1.22. The number of aromatic amines is 1. The molecule has 0 aliphatic rings. The molecule has 0 bridgehead atoms. The average Bonchev–Trinajstić information content (AvgIpc) is 3.33. The van der Waals surface area contributed by atoms with Crippen LogP contribution in [0, 0.1) is 0 Å². The minimum absolute atomic E-state index is 0.628. The van der Waals surface area contributed by atoms with Gasteiger partial charge in [-0.05, 0) is 17.7 Å². The molecule has 0 aliphatic heterocycles. The Morgan fingerprint density at radius 3 is 2.96 bits per heavy atom. The van der Waals surface area contributed by atoms with Gasteiger partial charge in [0.25, 0.3) is 0 Å². The molecule has 0 aliphatic carbocycles. The summed E-state index contributed by atoms with van der Waals surface area (Å²) in [4.78, 5) is 21.0. The first-order valence-corrected chi connectivity index (χ1v) is 9.07. The zero-order chi connectivity index (χ0) is 17.3. The van der Waals surface area contributed by atoms with Crippen LogP contribution in [0.1, 0.15) is 5.56 Å². The molecule has 6 nitrogen and oxygen atoms in total. The second kappa shape index (κ2) is 6.20. The predicted molar refractivity (Wildman–Crippen MR) is 104 cm³/mol. The highest BCUT2D eigenvalue weighted by atomic mass is 32.1. The first kappa shape index (κ1) is 15.0. The molecule has 0 amide bonds. The van der Waals surface area contributed by atoms with E-state index in [0.717, 1.165) is 27.8 Å². The van der Waals surface area contributed by atoms with E-state index >= 15 is 0 Å². The number of anilines is 1. The minimum atomic E-state index is 0.628. The largest absolute Gasteiger partial charge is 0.364 e. The van der Waals surface area contributed by atoms with Crippen LogP contribution in [-0.4, -0.2) is 24.9 Å². The summed E-state index contributed by atoms with van der Waals surface area (Å²) in [5.74, 6) is 1.41. The third-order valence-electron chi connectivity index (χ3n) is 4.19. The molecule has 0 saturated heterocycles. The molecule has 0 atom stereocenters. The van der Waals surface area contributed by atoms with E-state index in [0.29, 0.717) is 18.0 Å². The van der Waals surface area contributed by atoms with E-state index in [1.54, 1.807) is 23.9 Å². The molecule has 5 rings (SSSR count). The third kappa shape index (κ3) is 2.58. The van der Waals surface area contributed by atoms with Gasteiger partial charge in [0, 0.05) is 40.0 Å². The minimum Gasteiger partial charge on any atom is -0.364 e. The SMILES string of the molecule is c1cncc(CNc2nc(-c3csc4ccccc34)nc3nc[nH]c23)c1. The number of nitrogens with one attached hydrogen (secondary N) is 2. The van der Waals surface area contributed by atoms with Crippen LogP contribution in [0.4, 0.5) is 5.82 Å². The maximum Gasteiger partial charge on any atom is 0.183 e. The number of pyridine rings is 1. The van der Waals surface area contributed by atoms with Crippen molar-refractivity contribution in [2.24, 2.45) is 0 Å². The van der Waals surface area contributed by atoms with E-state index in [1.165, 1.54) is 4.70 Å². The van der Waals surface area contributed by atoms with Gasteiger partial charge in [-0.15, -0.1) is 11.3 Å². The molecule has 2 N–H and O–H groups in total. The van der Waals surface area contributed by atoms with E-state index in [2.05, 4.69) is 42.8 Å². The molecule has 1 aromatic carbocycles. The number of H-pyrrole nitrogens is 1. The average molecular weight is 358 g/mol. The van der Waals surface area contributed by atoms with E-state index in [1.807, 2.05) is 30.5 Å². The number of nitrogens with zero attached hydrogens (tertiary/aromatic N) is 4. The van der Waals surface area contributed by atoms with Crippen molar-refractivity contribution in [2.75, 3.05) is 5.32 Å². The Balaban J connectivity index is 1.59. The maximum absolute atomic E-state index is 4.77. The topological polar surface area (TPSA) is 79.4 Å². The fourth-order valence-electron chi connectivity index (χ4n) is 2.92. The van der Waals surface area contributed by atoms with Crippen molar-refractivity contribution in [3.63, 3.8) is 0 Å². The number of hydrogen-bond donors (Lipinski definition) is 2. The highest BCUT2D eigenvalue weighted by Crippen LogP contribution is 2.33. The van der Waals surface area contributed by atoms with E-state index in [-0.39, 0.29) is 0 Å². The molecule has 5 aromatic rings. The predicted octanol–water partition coefficient (Wildman–Crippen LogP) is 4.24. The van der Waals surface area contributed by atoms with E-state index in [4.69, 9.17) is 4.98 Å². The quantitative estimate of drug-likeness (QED) is 0.502. The van der Waals surface area contributed by atoms with Crippen LogP contribution in [0.5, 0.6) is 0 Å². The Morgan fingerprint density at radius 1 is 1.08 bits per heavy atom. The number of hydrogen-bond acceptors (Lipinski definition) is 6. The van der Waals surface area contributed by atoms with Gasteiger partial charge in [0.05, 0.1) is 6.33 Å². The number of fused-ring (bicyclic) bond motifs is 2. The van der Waals surface area contributed by atoms with Gasteiger partial charge in [0.15, 0.2) is 17.3 Å². The lowest BCUT2D eigenvalue weighted by Crippen LogP contribution is -2.04. The number of rotatable bonds is 4. The summed E-state index contributed by atoms with van der Waals surface area (Å²) in [6.45, 7) is 0.628. The Morgan fingerprint density at radius 2 is 2.04 bits per heavy atom. The van der Waals surface area contributed by atoms with Crippen LogP contribution in [0.25, 0.3) is 32.6 Å². The van der Waals surface area contributed by atoms with E-state index in [9.17, 15) is 0 Å². The molecule has 4 heterocycles. The molecule has 126 valence electrons. The van der Waals surface area contributed by atoms with Crippen LogP contribution >= 0.6 is 11.3 Å². The monoisotopic (exact) mass is 358 g/mol.